The van der Waals surface area contributed by atoms with Crippen LogP contribution in [0.1, 0.15) is 19.3 Å². The molecular formula is C10H18O6S2. The van der Waals surface area contributed by atoms with Crippen LogP contribution in [0, 0.1) is 0 Å². The summed E-state index contributed by atoms with van der Waals surface area (Å²) in [6.45, 7) is 3.76. The predicted molar refractivity (Wildman–Crippen MR) is 67.8 cm³/mol. The van der Waals surface area contributed by atoms with E-state index in [-0.39, 0.29) is 12.8 Å². The van der Waals surface area contributed by atoms with Gasteiger partial charge in [-0.1, -0.05) is 6.08 Å². The average Bonchev–Trinajstić information content (AvgIpc) is 2.23. The molecule has 8 heteroatoms. The fraction of sp³-hybridized carbons (Fsp3) is 0.800. The van der Waals surface area contributed by atoms with Crippen molar-refractivity contribution in [2.45, 2.75) is 35.9 Å². The number of hydrogen-bond donors (Lipinski definition) is 1. The van der Waals surface area contributed by atoms with Crippen molar-refractivity contribution in [2.75, 3.05) is 12.9 Å². The van der Waals surface area contributed by atoms with Gasteiger partial charge in [-0.05, 0) is 19.3 Å². The van der Waals surface area contributed by atoms with E-state index in [4.69, 9.17) is 9.29 Å². The lowest BCUT2D eigenvalue weighted by Gasteiger charge is -2.34. The molecule has 0 aliphatic carbocycles. The molecule has 1 N–H and O–H groups in total. The van der Waals surface area contributed by atoms with Crippen LogP contribution < -0.4 is 0 Å². The highest BCUT2D eigenvalue weighted by Crippen LogP contribution is 2.27. The van der Waals surface area contributed by atoms with Crippen molar-refractivity contribution in [3.8, 4) is 0 Å². The minimum absolute atomic E-state index is 0.0928. The Bertz CT molecular complexity index is 492. The van der Waals surface area contributed by atoms with Gasteiger partial charge in [-0.3, -0.25) is 4.55 Å². The van der Waals surface area contributed by atoms with Gasteiger partial charge in [0.15, 0.2) is 9.84 Å². The van der Waals surface area contributed by atoms with Gasteiger partial charge >= 0.3 is 0 Å². The maximum Gasteiger partial charge on any atom is 0.270 e. The Hall–Kier alpha value is -0.440. The number of allylic oxidation sites excluding steroid dienone is 1. The van der Waals surface area contributed by atoms with Crippen LogP contribution in [0.4, 0.5) is 0 Å². The molecule has 106 valence electrons. The van der Waals surface area contributed by atoms with Crippen LogP contribution >= 0.6 is 0 Å². The third kappa shape index (κ3) is 3.78. The summed E-state index contributed by atoms with van der Waals surface area (Å²) in [7, 11) is -7.81. The van der Waals surface area contributed by atoms with Crippen LogP contribution in [0.5, 0.6) is 0 Å². The Morgan fingerprint density at radius 3 is 2.50 bits per heavy atom. The van der Waals surface area contributed by atoms with Crippen LogP contribution in [0.15, 0.2) is 12.7 Å². The maximum absolute atomic E-state index is 11.7. The van der Waals surface area contributed by atoms with Crippen molar-refractivity contribution in [1.82, 2.24) is 0 Å². The smallest absolute Gasteiger partial charge is 0.270 e. The Kier molecular flexibility index (Phi) is 4.93. The van der Waals surface area contributed by atoms with Crippen molar-refractivity contribution in [3.05, 3.63) is 12.7 Å². The fourth-order valence-electron chi connectivity index (χ4n) is 2.16. The summed E-state index contributed by atoms with van der Waals surface area (Å²) in [4.78, 5) is 0. The van der Waals surface area contributed by atoms with Gasteiger partial charge < -0.3 is 4.74 Å². The van der Waals surface area contributed by atoms with E-state index in [1.807, 2.05) is 0 Å². The maximum atomic E-state index is 11.7. The Balaban J connectivity index is 3.11. The van der Waals surface area contributed by atoms with Gasteiger partial charge in [-0.2, -0.15) is 8.42 Å². The summed E-state index contributed by atoms with van der Waals surface area (Å²) in [6.07, 6.45) is 2.17. The lowest BCUT2D eigenvalue weighted by molar-refractivity contribution is 0.0155. The Morgan fingerprint density at radius 1 is 1.44 bits per heavy atom. The first-order chi connectivity index (χ1) is 8.18. The molecule has 0 saturated carbocycles. The molecule has 1 aliphatic heterocycles. The van der Waals surface area contributed by atoms with E-state index in [1.165, 1.54) is 6.08 Å². The van der Waals surface area contributed by atoms with Gasteiger partial charge in [-0.25, -0.2) is 8.42 Å². The van der Waals surface area contributed by atoms with Crippen LogP contribution in [0.25, 0.3) is 0 Å². The Labute approximate surface area is 108 Å². The highest BCUT2D eigenvalue weighted by atomic mass is 32.2. The molecule has 3 atom stereocenters. The summed E-state index contributed by atoms with van der Waals surface area (Å²) in [5, 5.41) is -2.19. The van der Waals surface area contributed by atoms with E-state index in [0.717, 1.165) is 6.26 Å². The summed E-state index contributed by atoms with van der Waals surface area (Å²) in [5.74, 6) is 0. The molecule has 0 unspecified atom stereocenters. The van der Waals surface area contributed by atoms with Gasteiger partial charge in [0, 0.05) is 12.9 Å². The topological polar surface area (TPSA) is 97.7 Å². The second-order valence-corrected chi connectivity index (χ2v) is 8.32. The van der Waals surface area contributed by atoms with E-state index in [1.54, 1.807) is 0 Å². The molecule has 0 radical (unpaired) electrons. The van der Waals surface area contributed by atoms with E-state index in [2.05, 4.69) is 6.58 Å². The van der Waals surface area contributed by atoms with Crippen molar-refractivity contribution in [1.29, 1.82) is 0 Å². The lowest BCUT2D eigenvalue weighted by atomic mass is 10.0. The quantitative estimate of drug-likeness (QED) is 0.583. The number of sulfone groups is 1. The van der Waals surface area contributed by atoms with Crippen LogP contribution in [0.2, 0.25) is 0 Å². The van der Waals surface area contributed by atoms with Crippen LogP contribution in [0.3, 0.4) is 0 Å². The van der Waals surface area contributed by atoms with E-state index in [9.17, 15) is 16.8 Å². The molecule has 1 fully saturated rings. The molecule has 1 saturated heterocycles. The monoisotopic (exact) mass is 298 g/mol. The van der Waals surface area contributed by atoms with Gasteiger partial charge in [-0.15, -0.1) is 6.58 Å². The number of hydrogen-bond acceptors (Lipinski definition) is 5. The first-order valence-corrected chi connectivity index (χ1v) is 9.01. The van der Waals surface area contributed by atoms with Crippen molar-refractivity contribution in [2.24, 2.45) is 0 Å². The lowest BCUT2D eigenvalue weighted by Crippen LogP contribution is -2.49. The summed E-state index contributed by atoms with van der Waals surface area (Å²) in [5.41, 5.74) is 0. The van der Waals surface area contributed by atoms with Crippen molar-refractivity contribution in [3.63, 3.8) is 0 Å². The van der Waals surface area contributed by atoms with Gasteiger partial charge in [0.25, 0.3) is 10.1 Å². The number of rotatable bonds is 5. The molecule has 0 aromatic carbocycles. The highest BCUT2D eigenvalue weighted by Gasteiger charge is 2.43. The van der Waals surface area contributed by atoms with Gasteiger partial charge in [0.1, 0.15) is 5.25 Å². The van der Waals surface area contributed by atoms with E-state index in [0.29, 0.717) is 13.0 Å². The van der Waals surface area contributed by atoms with Crippen molar-refractivity contribution >= 4 is 20.0 Å². The normalized spacial score (nSPS) is 27.7. The molecule has 18 heavy (non-hydrogen) atoms. The minimum Gasteiger partial charge on any atom is -0.375 e. The highest BCUT2D eigenvalue weighted by molar-refractivity contribution is 7.91. The zero-order valence-corrected chi connectivity index (χ0v) is 11.8. The molecule has 1 aliphatic rings. The molecule has 0 amide bonds. The molecule has 0 spiro atoms. The van der Waals surface area contributed by atoms with E-state index >= 15 is 0 Å². The molecule has 0 aromatic heterocycles. The van der Waals surface area contributed by atoms with E-state index < -0.39 is 36.6 Å². The molecule has 6 nitrogen and oxygen atoms in total. The Morgan fingerprint density at radius 2 is 2.06 bits per heavy atom. The standard InChI is InChI=1S/C10H18O6S2/c1-3-5-8(17(2,11)12)10-9(18(13,14)15)6-4-7-16-10/h3,8-10H,1,4-7H2,2H3,(H,13,14,15)/t8-,9+,10-/m1/s1. The molecule has 0 aromatic rings. The van der Waals surface area contributed by atoms with Gasteiger partial charge in [0.2, 0.25) is 0 Å². The molecule has 1 rings (SSSR count). The third-order valence-electron chi connectivity index (χ3n) is 3.01. The zero-order chi connectivity index (χ0) is 14.0. The average molecular weight is 298 g/mol. The second-order valence-electron chi connectivity index (χ2n) is 4.42. The van der Waals surface area contributed by atoms with Crippen LogP contribution in [-0.2, 0) is 24.7 Å². The molecule has 0 bridgehead atoms. The first kappa shape index (κ1) is 15.6. The summed E-state index contributed by atoms with van der Waals surface area (Å²) < 4.78 is 60.4. The molecule has 1 heterocycles. The number of ether oxygens (including phenoxy) is 1. The SMILES string of the molecule is C=CC[C@H]([C@H]1OCCC[C@@H]1S(=O)(=O)O)S(C)(=O)=O. The fourth-order valence-corrected chi connectivity index (χ4v) is 4.57. The van der Waals surface area contributed by atoms with Crippen molar-refractivity contribution < 1.29 is 26.1 Å². The summed E-state index contributed by atoms with van der Waals surface area (Å²) in [6, 6.07) is 0. The zero-order valence-electron chi connectivity index (χ0n) is 10.1. The second kappa shape index (κ2) is 5.68. The van der Waals surface area contributed by atoms with Crippen LogP contribution in [-0.4, -0.2) is 50.9 Å². The van der Waals surface area contributed by atoms with Gasteiger partial charge in [0.05, 0.1) is 11.4 Å². The largest absolute Gasteiger partial charge is 0.375 e. The predicted octanol–water partition coefficient (Wildman–Crippen LogP) is 0.411. The summed E-state index contributed by atoms with van der Waals surface area (Å²) >= 11 is 0. The third-order valence-corrected chi connectivity index (χ3v) is 5.84. The molecular weight excluding hydrogens is 280 g/mol. The minimum atomic E-state index is -4.32. The first-order valence-electron chi connectivity index (χ1n) is 5.55.